The molecule has 0 saturated carbocycles. The van der Waals surface area contributed by atoms with Crippen LogP contribution in [0, 0.1) is 4.77 Å². The lowest BCUT2D eigenvalue weighted by molar-refractivity contribution is 0.595. The molecular weight excluding hydrogens is 172 g/mol. The Morgan fingerprint density at radius 1 is 1.67 bits per heavy atom. The quantitative estimate of drug-likeness (QED) is 0.726. The van der Waals surface area contributed by atoms with E-state index in [4.69, 9.17) is 12.2 Å². The molecule has 0 bridgehead atoms. The normalized spacial score (nSPS) is 10.1. The summed E-state index contributed by atoms with van der Waals surface area (Å²) in [5.41, 5.74) is -0.0211. The molecule has 1 rings (SSSR count). The fourth-order valence-corrected chi connectivity index (χ4v) is 1.23. The second-order valence-corrected chi connectivity index (χ2v) is 3.01. The van der Waals surface area contributed by atoms with Crippen LogP contribution < -0.4 is 5.56 Å². The van der Waals surface area contributed by atoms with Gasteiger partial charge in [-0.05, 0) is 18.6 Å². The summed E-state index contributed by atoms with van der Waals surface area (Å²) in [4.78, 5) is 14.0. The Kier molecular flexibility index (Phi) is 3.22. The van der Waals surface area contributed by atoms with Crippen molar-refractivity contribution in [3.63, 3.8) is 0 Å². The summed E-state index contributed by atoms with van der Waals surface area (Å²) in [6.45, 7) is 2.80. The van der Waals surface area contributed by atoms with E-state index in [0.29, 0.717) is 11.3 Å². The first kappa shape index (κ1) is 9.19. The Labute approximate surface area is 76.1 Å². The lowest BCUT2D eigenvalue weighted by Crippen LogP contribution is -2.20. The highest BCUT2D eigenvalue weighted by molar-refractivity contribution is 7.71. The third-order valence-corrected chi connectivity index (χ3v) is 2.02. The number of hydrogen-bond donors (Lipinski definition) is 1. The zero-order valence-corrected chi connectivity index (χ0v) is 7.86. The summed E-state index contributed by atoms with van der Waals surface area (Å²) in [6.07, 6.45) is 3.63. The number of unbranched alkanes of at least 4 members (excludes halogenated alkanes) is 1. The molecule has 0 unspecified atom stereocenters. The van der Waals surface area contributed by atoms with Gasteiger partial charge in [-0.3, -0.25) is 9.36 Å². The molecule has 1 N–H and O–H groups in total. The van der Waals surface area contributed by atoms with E-state index in [2.05, 4.69) is 11.9 Å². The SMILES string of the molecule is CCCCn1c(=O)cc[nH]c1=S. The van der Waals surface area contributed by atoms with E-state index in [-0.39, 0.29) is 5.56 Å². The smallest absolute Gasteiger partial charge is 0.254 e. The molecule has 12 heavy (non-hydrogen) atoms. The van der Waals surface area contributed by atoms with Crippen molar-refractivity contribution in [3.05, 3.63) is 27.4 Å². The Balaban J connectivity index is 2.97. The van der Waals surface area contributed by atoms with Gasteiger partial charge in [0.25, 0.3) is 5.56 Å². The van der Waals surface area contributed by atoms with Crippen LogP contribution in [0.1, 0.15) is 19.8 Å². The molecule has 0 fully saturated rings. The van der Waals surface area contributed by atoms with Gasteiger partial charge in [-0.15, -0.1) is 0 Å². The number of H-pyrrole nitrogens is 1. The maximum Gasteiger partial charge on any atom is 0.254 e. The number of rotatable bonds is 3. The molecule has 0 aliphatic carbocycles. The van der Waals surface area contributed by atoms with Crippen LogP contribution in [0.25, 0.3) is 0 Å². The highest BCUT2D eigenvalue weighted by atomic mass is 32.1. The minimum Gasteiger partial charge on any atom is -0.339 e. The van der Waals surface area contributed by atoms with E-state index < -0.39 is 0 Å². The van der Waals surface area contributed by atoms with Gasteiger partial charge in [-0.2, -0.15) is 0 Å². The van der Waals surface area contributed by atoms with Crippen molar-refractivity contribution in [2.24, 2.45) is 0 Å². The Bertz CT molecular complexity index is 324. The molecule has 3 nitrogen and oxygen atoms in total. The van der Waals surface area contributed by atoms with Crippen LogP contribution in [-0.4, -0.2) is 9.55 Å². The Hall–Kier alpha value is -0.900. The maximum atomic E-state index is 11.2. The monoisotopic (exact) mass is 184 g/mol. The van der Waals surface area contributed by atoms with Crippen LogP contribution in [0.2, 0.25) is 0 Å². The molecule has 1 aromatic rings. The average molecular weight is 184 g/mol. The first-order valence-electron chi connectivity index (χ1n) is 4.04. The van der Waals surface area contributed by atoms with E-state index >= 15 is 0 Å². The molecule has 0 atom stereocenters. The summed E-state index contributed by atoms with van der Waals surface area (Å²) in [6, 6.07) is 1.49. The Morgan fingerprint density at radius 2 is 2.42 bits per heavy atom. The lowest BCUT2D eigenvalue weighted by atomic mass is 10.3. The summed E-state index contributed by atoms with van der Waals surface area (Å²) in [5.74, 6) is 0. The maximum absolute atomic E-state index is 11.2. The van der Waals surface area contributed by atoms with Crippen molar-refractivity contribution in [1.29, 1.82) is 0 Å². The molecule has 0 amide bonds. The van der Waals surface area contributed by atoms with E-state index in [1.54, 1.807) is 10.8 Å². The van der Waals surface area contributed by atoms with Gasteiger partial charge in [0, 0.05) is 18.8 Å². The van der Waals surface area contributed by atoms with E-state index in [9.17, 15) is 4.79 Å². The molecule has 0 radical (unpaired) electrons. The van der Waals surface area contributed by atoms with Crippen molar-refractivity contribution in [1.82, 2.24) is 9.55 Å². The molecule has 4 heteroatoms. The fraction of sp³-hybridized carbons (Fsp3) is 0.500. The van der Waals surface area contributed by atoms with E-state index in [1.165, 1.54) is 6.07 Å². The fourth-order valence-electron chi connectivity index (χ4n) is 0.980. The Morgan fingerprint density at radius 3 is 3.00 bits per heavy atom. The minimum atomic E-state index is -0.0211. The molecular formula is C8H12N2OS. The van der Waals surface area contributed by atoms with Crippen molar-refractivity contribution in [3.8, 4) is 0 Å². The van der Waals surface area contributed by atoms with Gasteiger partial charge >= 0.3 is 0 Å². The number of nitrogens with one attached hydrogen (secondary N) is 1. The van der Waals surface area contributed by atoms with Gasteiger partial charge in [-0.1, -0.05) is 13.3 Å². The third-order valence-electron chi connectivity index (χ3n) is 1.68. The van der Waals surface area contributed by atoms with Gasteiger partial charge in [-0.25, -0.2) is 0 Å². The van der Waals surface area contributed by atoms with Crippen LogP contribution >= 0.6 is 12.2 Å². The zero-order chi connectivity index (χ0) is 8.97. The van der Waals surface area contributed by atoms with Gasteiger partial charge in [0.2, 0.25) is 0 Å². The van der Waals surface area contributed by atoms with E-state index in [0.717, 1.165) is 12.8 Å². The lowest BCUT2D eigenvalue weighted by Gasteiger charge is -2.02. The van der Waals surface area contributed by atoms with E-state index in [1.807, 2.05) is 0 Å². The third kappa shape index (κ3) is 2.04. The molecule has 66 valence electrons. The molecule has 1 aromatic heterocycles. The molecule has 1 heterocycles. The summed E-state index contributed by atoms with van der Waals surface area (Å²) < 4.78 is 2.09. The molecule has 0 saturated heterocycles. The minimum absolute atomic E-state index is 0.0211. The summed E-state index contributed by atoms with van der Waals surface area (Å²) >= 11 is 4.96. The van der Waals surface area contributed by atoms with Crippen LogP contribution in [0.4, 0.5) is 0 Å². The van der Waals surface area contributed by atoms with Gasteiger partial charge < -0.3 is 4.98 Å². The topological polar surface area (TPSA) is 37.8 Å². The van der Waals surface area contributed by atoms with Crippen molar-refractivity contribution in [2.75, 3.05) is 0 Å². The van der Waals surface area contributed by atoms with Crippen molar-refractivity contribution in [2.45, 2.75) is 26.3 Å². The molecule has 0 spiro atoms. The first-order chi connectivity index (χ1) is 5.75. The predicted molar refractivity (Wildman–Crippen MR) is 50.8 cm³/mol. The molecule has 0 aliphatic heterocycles. The summed E-state index contributed by atoms with van der Waals surface area (Å²) in [5, 5.41) is 0. The second-order valence-electron chi connectivity index (χ2n) is 2.63. The van der Waals surface area contributed by atoms with Crippen molar-refractivity contribution >= 4 is 12.2 Å². The van der Waals surface area contributed by atoms with Gasteiger partial charge in [0.1, 0.15) is 0 Å². The highest BCUT2D eigenvalue weighted by Gasteiger charge is 1.94. The zero-order valence-electron chi connectivity index (χ0n) is 7.04. The average Bonchev–Trinajstić information content (AvgIpc) is 2.04. The van der Waals surface area contributed by atoms with Gasteiger partial charge in [0.15, 0.2) is 4.77 Å². The van der Waals surface area contributed by atoms with Crippen LogP contribution in [0.5, 0.6) is 0 Å². The number of nitrogens with zero attached hydrogens (tertiary/aromatic N) is 1. The van der Waals surface area contributed by atoms with Crippen LogP contribution in [0.3, 0.4) is 0 Å². The number of aromatic nitrogens is 2. The second kappa shape index (κ2) is 4.21. The molecule has 0 aliphatic rings. The highest BCUT2D eigenvalue weighted by Crippen LogP contribution is 1.91. The predicted octanol–water partition coefficient (Wildman–Crippen LogP) is 1.71. The molecule has 0 aromatic carbocycles. The van der Waals surface area contributed by atoms with Gasteiger partial charge in [0.05, 0.1) is 0 Å². The first-order valence-corrected chi connectivity index (χ1v) is 4.45. The van der Waals surface area contributed by atoms with Crippen LogP contribution in [-0.2, 0) is 6.54 Å². The largest absolute Gasteiger partial charge is 0.339 e. The van der Waals surface area contributed by atoms with Crippen molar-refractivity contribution < 1.29 is 0 Å². The number of hydrogen-bond acceptors (Lipinski definition) is 2. The van der Waals surface area contributed by atoms with Crippen LogP contribution in [0.15, 0.2) is 17.1 Å². The number of aromatic amines is 1. The summed E-state index contributed by atoms with van der Waals surface area (Å²) in [7, 11) is 0. The standard InChI is InChI=1S/C8H12N2OS/c1-2-3-6-10-7(11)4-5-9-8(10)12/h4-5H,2-3,6H2,1H3,(H,9,12).